The maximum Gasteiger partial charge on any atom is 0.341 e. The summed E-state index contributed by atoms with van der Waals surface area (Å²) in [5, 5.41) is 10.9. The lowest BCUT2D eigenvalue weighted by Crippen LogP contribution is -2.30. The van der Waals surface area contributed by atoms with Gasteiger partial charge in [0.15, 0.2) is 5.83 Å². The summed E-state index contributed by atoms with van der Waals surface area (Å²) in [4.78, 5) is 14.9. The van der Waals surface area contributed by atoms with Gasteiger partial charge in [0.1, 0.15) is 0 Å². The van der Waals surface area contributed by atoms with Crippen LogP contribution in [0.5, 0.6) is 0 Å². The minimum absolute atomic E-state index is 0.0142. The van der Waals surface area contributed by atoms with Gasteiger partial charge in [-0.15, -0.1) is 0 Å². The van der Waals surface area contributed by atoms with E-state index in [9.17, 15) is 9.18 Å². The predicted octanol–water partition coefficient (Wildman–Crippen LogP) is 3.45. The lowest BCUT2D eigenvalue weighted by Gasteiger charge is -2.07. The highest BCUT2D eigenvalue weighted by Gasteiger charge is 2.10. The summed E-state index contributed by atoms with van der Waals surface area (Å²) >= 11 is 3.06. The summed E-state index contributed by atoms with van der Waals surface area (Å²) in [5.41, 5.74) is 0.0142. The molecule has 94 valence electrons. The molecule has 2 amide bonds. The van der Waals surface area contributed by atoms with Gasteiger partial charge in [0.2, 0.25) is 0 Å². The Morgan fingerprint density at radius 3 is 2.71 bits per heavy atom. The summed E-state index contributed by atoms with van der Waals surface area (Å²) in [7, 11) is 0. The van der Waals surface area contributed by atoms with Gasteiger partial charge in [0.25, 0.3) is 0 Å². The lowest BCUT2D eigenvalue weighted by atomic mass is 10.2. The van der Waals surface area contributed by atoms with Crippen molar-refractivity contribution in [2.45, 2.75) is 39.7 Å². The van der Waals surface area contributed by atoms with Crippen LogP contribution in [0.25, 0.3) is 0 Å². The van der Waals surface area contributed by atoms with Gasteiger partial charge < -0.3 is 5.32 Å². The molecule has 4 nitrogen and oxygen atoms in total. The Kier molecular flexibility index (Phi) is 7.39. The molecule has 0 aliphatic rings. The molecule has 0 bridgehead atoms. The lowest BCUT2D eigenvalue weighted by molar-refractivity contribution is 0.246. The van der Waals surface area contributed by atoms with E-state index in [1.165, 1.54) is 6.92 Å². The van der Waals surface area contributed by atoms with Crippen LogP contribution in [-0.4, -0.2) is 17.8 Å². The third-order valence-corrected chi connectivity index (χ3v) is 2.81. The molecule has 0 aromatic heterocycles. The molecule has 1 N–H and O–H groups in total. The van der Waals surface area contributed by atoms with Crippen LogP contribution in [0.2, 0.25) is 0 Å². The average Bonchev–Trinajstić information content (AvgIpc) is 2.26. The number of nitriles is 1. The van der Waals surface area contributed by atoms with E-state index in [0.717, 1.165) is 0 Å². The molecule has 0 aliphatic carbocycles. The van der Waals surface area contributed by atoms with Crippen LogP contribution >= 0.6 is 15.9 Å². The van der Waals surface area contributed by atoms with E-state index in [2.05, 4.69) is 26.2 Å². The highest BCUT2D eigenvalue weighted by molar-refractivity contribution is 9.11. The van der Waals surface area contributed by atoms with Gasteiger partial charge in [-0.25, -0.2) is 9.18 Å². The van der Waals surface area contributed by atoms with E-state index in [1.807, 2.05) is 6.07 Å². The quantitative estimate of drug-likeness (QED) is 0.808. The van der Waals surface area contributed by atoms with E-state index in [-0.39, 0.29) is 18.2 Å². The number of urea groups is 1. The Bertz CT molecular complexity index is 385. The van der Waals surface area contributed by atoms with Gasteiger partial charge in [-0.05, 0) is 20.3 Å². The predicted molar refractivity (Wildman–Crippen MR) is 68.7 cm³/mol. The number of hydrogen-bond acceptors (Lipinski definition) is 2. The smallest absolute Gasteiger partial charge is 0.333 e. The fraction of sp³-hybridized carbons (Fsp3) is 0.545. The second-order valence-electron chi connectivity index (χ2n) is 3.48. The third-order valence-electron chi connectivity index (χ3n) is 1.90. The molecule has 0 heterocycles. The fourth-order valence-electron chi connectivity index (χ4n) is 0.984. The molecule has 0 aromatic rings. The largest absolute Gasteiger partial charge is 0.341 e. The van der Waals surface area contributed by atoms with Crippen LogP contribution in [0.15, 0.2) is 15.3 Å². The van der Waals surface area contributed by atoms with Gasteiger partial charge in [0.05, 0.1) is 18.2 Å². The molecule has 0 aromatic carbocycles. The summed E-state index contributed by atoms with van der Waals surface area (Å²) in [6.07, 6.45) is 0.683. The maximum absolute atomic E-state index is 13.5. The highest BCUT2D eigenvalue weighted by atomic mass is 79.9. The zero-order valence-corrected chi connectivity index (χ0v) is 11.6. The van der Waals surface area contributed by atoms with Crippen molar-refractivity contribution < 1.29 is 9.18 Å². The van der Waals surface area contributed by atoms with Crippen molar-refractivity contribution >= 4 is 27.7 Å². The average molecular weight is 304 g/mol. The van der Waals surface area contributed by atoms with Crippen molar-refractivity contribution in [3.8, 4) is 6.07 Å². The number of nitrogens with one attached hydrogen (secondary N) is 1. The monoisotopic (exact) mass is 303 g/mol. The van der Waals surface area contributed by atoms with Crippen LogP contribution in [0.1, 0.15) is 33.6 Å². The first-order valence-corrected chi connectivity index (χ1v) is 5.98. The molecule has 0 rings (SSSR count). The number of hydrogen-bond donors (Lipinski definition) is 1. The van der Waals surface area contributed by atoms with E-state index in [0.29, 0.717) is 10.9 Å². The number of nitrogens with zero attached hydrogens (tertiary/aromatic N) is 2. The van der Waals surface area contributed by atoms with Crippen molar-refractivity contribution in [1.29, 1.82) is 5.26 Å². The van der Waals surface area contributed by atoms with Crippen LogP contribution in [0, 0.1) is 11.3 Å². The Balaban J connectivity index is 4.60. The molecule has 0 radical (unpaired) electrons. The SMILES string of the molecule is CC/C(Br)=C(F)\C(C)=N\C(=O)NC(C)CC#N. The van der Waals surface area contributed by atoms with Gasteiger partial charge in [-0.3, -0.25) is 0 Å². The first-order valence-electron chi connectivity index (χ1n) is 5.19. The maximum atomic E-state index is 13.5. The zero-order chi connectivity index (χ0) is 13.4. The van der Waals surface area contributed by atoms with E-state index in [4.69, 9.17) is 5.26 Å². The number of carbonyl (C=O) groups is 1. The standard InChI is InChI=1S/C11H15BrFN3O/c1-4-9(12)10(13)8(3)16-11(17)15-7(2)5-6-14/h7H,4-5H2,1-3H3,(H,15,17)/b10-9-,16-8+. The molecule has 0 saturated carbocycles. The van der Waals surface area contributed by atoms with Crippen LogP contribution in [-0.2, 0) is 0 Å². The van der Waals surface area contributed by atoms with Gasteiger partial charge >= 0.3 is 6.03 Å². The number of amides is 2. The molecule has 0 saturated heterocycles. The minimum atomic E-state index is -0.642. The molecule has 1 atom stereocenters. The van der Waals surface area contributed by atoms with Crippen LogP contribution < -0.4 is 5.32 Å². The zero-order valence-electron chi connectivity index (χ0n) is 10.1. The Hall–Kier alpha value is -1.22. The minimum Gasteiger partial charge on any atom is -0.333 e. The second kappa shape index (κ2) is 7.96. The number of halogens is 2. The Morgan fingerprint density at radius 1 is 1.65 bits per heavy atom. The van der Waals surface area contributed by atoms with Crippen molar-refractivity contribution in [1.82, 2.24) is 5.32 Å². The Morgan fingerprint density at radius 2 is 2.24 bits per heavy atom. The summed E-state index contributed by atoms with van der Waals surface area (Å²) in [6.45, 7) is 4.88. The first-order chi connectivity index (χ1) is 7.92. The Labute approximate surface area is 109 Å². The van der Waals surface area contributed by atoms with E-state index >= 15 is 0 Å². The molecule has 17 heavy (non-hydrogen) atoms. The van der Waals surface area contributed by atoms with Gasteiger partial charge in [0, 0.05) is 10.5 Å². The molecular weight excluding hydrogens is 289 g/mol. The van der Waals surface area contributed by atoms with Gasteiger partial charge in [-0.1, -0.05) is 22.9 Å². The van der Waals surface area contributed by atoms with E-state index < -0.39 is 11.9 Å². The summed E-state index contributed by atoms with van der Waals surface area (Å²) < 4.78 is 13.9. The molecular formula is C11H15BrFN3O. The number of rotatable bonds is 4. The number of carbonyl (C=O) groups excluding carboxylic acids is 1. The van der Waals surface area contributed by atoms with Crippen molar-refractivity contribution in [3.05, 3.63) is 10.3 Å². The summed E-state index contributed by atoms with van der Waals surface area (Å²) in [5.74, 6) is -0.532. The molecule has 1 unspecified atom stereocenters. The van der Waals surface area contributed by atoms with Crippen LogP contribution in [0.3, 0.4) is 0 Å². The number of aliphatic imine (C=N–C) groups is 1. The normalized spacial score (nSPS) is 14.7. The first kappa shape index (κ1) is 15.8. The van der Waals surface area contributed by atoms with Crippen molar-refractivity contribution in [2.24, 2.45) is 4.99 Å². The van der Waals surface area contributed by atoms with E-state index in [1.54, 1.807) is 13.8 Å². The fourth-order valence-corrected chi connectivity index (χ4v) is 1.27. The highest BCUT2D eigenvalue weighted by Crippen LogP contribution is 2.18. The summed E-state index contributed by atoms with van der Waals surface area (Å²) in [6, 6.07) is 0.980. The van der Waals surface area contributed by atoms with Crippen LogP contribution in [0.4, 0.5) is 9.18 Å². The van der Waals surface area contributed by atoms with Gasteiger partial charge in [-0.2, -0.15) is 10.3 Å². The molecule has 0 spiro atoms. The van der Waals surface area contributed by atoms with Crippen molar-refractivity contribution in [2.75, 3.05) is 0 Å². The van der Waals surface area contributed by atoms with Crippen molar-refractivity contribution in [3.63, 3.8) is 0 Å². The molecule has 6 heteroatoms. The molecule has 0 aliphatic heterocycles. The second-order valence-corrected chi connectivity index (χ2v) is 4.44. The number of allylic oxidation sites excluding steroid dienone is 2. The topological polar surface area (TPSA) is 65.2 Å². The molecule has 0 fully saturated rings. The third kappa shape index (κ3) is 6.17.